The maximum atomic E-state index is 11.5. The van der Waals surface area contributed by atoms with Gasteiger partial charge in [0.1, 0.15) is 0 Å². The van der Waals surface area contributed by atoms with Crippen LogP contribution in [-0.2, 0) is 14.3 Å². The summed E-state index contributed by atoms with van der Waals surface area (Å²) in [7, 11) is 0. The summed E-state index contributed by atoms with van der Waals surface area (Å²) in [5.41, 5.74) is 0. The predicted molar refractivity (Wildman–Crippen MR) is 62.5 cm³/mol. The Hall–Kier alpha value is -0.810. The lowest BCUT2D eigenvalue weighted by Gasteiger charge is -2.10. The molecule has 5 nitrogen and oxygen atoms in total. The van der Waals surface area contributed by atoms with Crippen LogP contribution in [0, 0.1) is 0 Å². The normalized spacial score (nSPS) is 18.7. The summed E-state index contributed by atoms with van der Waals surface area (Å²) in [6.07, 6.45) is 2.16. The molecule has 0 radical (unpaired) electrons. The van der Waals surface area contributed by atoms with Crippen LogP contribution in [0.25, 0.3) is 0 Å². The summed E-state index contributed by atoms with van der Waals surface area (Å²) >= 11 is 0. The summed E-state index contributed by atoms with van der Waals surface area (Å²) < 4.78 is 4.74. The summed E-state index contributed by atoms with van der Waals surface area (Å²) in [5.74, 6) is -0.283. The molecule has 1 atom stereocenters. The molecule has 0 aromatic heterocycles. The fraction of sp³-hybridized carbons (Fsp3) is 0.800. The summed E-state index contributed by atoms with van der Waals surface area (Å²) in [6.45, 7) is 3.40. The van der Waals surface area contributed by atoms with Gasteiger partial charge >= 0.3 is 5.97 Å². The quantitative estimate of drug-likeness (QED) is 0.686. The number of rotatable bonds is 5. The van der Waals surface area contributed by atoms with Crippen molar-refractivity contribution < 1.29 is 14.3 Å². The van der Waals surface area contributed by atoms with E-state index in [1.807, 2.05) is 0 Å². The van der Waals surface area contributed by atoms with E-state index in [1.165, 1.54) is 0 Å². The average Bonchev–Trinajstić information content (AvgIpc) is 2.70. The van der Waals surface area contributed by atoms with E-state index in [9.17, 15) is 9.59 Å². The molecular formula is C10H19ClN2O3. The molecule has 0 aliphatic carbocycles. The van der Waals surface area contributed by atoms with E-state index in [2.05, 4.69) is 10.6 Å². The van der Waals surface area contributed by atoms with Crippen LogP contribution in [0.4, 0.5) is 0 Å². The highest BCUT2D eigenvalue weighted by molar-refractivity contribution is 5.85. The lowest BCUT2D eigenvalue weighted by molar-refractivity contribution is -0.143. The molecule has 6 heteroatoms. The van der Waals surface area contributed by atoms with Crippen LogP contribution < -0.4 is 10.6 Å². The topological polar surface area (TPSA) is 67.4 Å². The van der Waals surface area contributed by atoms with Gasteiger partial charge in [0.25, 0.3) is 0 Å². The van der Waals surface area contributed by atoms with E-state index in [0.717, 1.165) is 19.4 Å². The van der Waals surface area contributed by atoms with Gasteiger partial charge < -0.3 is 15.4 Å². The largest absolute Gasteiger partial charge is 0.466 e. The summed E-state index contributed by atoms with van der Waals surface area (Å²) in [6, 6.07) is -0.0767. The van der Waals surface area contributed by atoms with Crippen LogP contribution >= 0.6 is 12.4 Å². The van der Waals surface area contributed by atoms with Crippen molar-refractivity contribution in [2.24, 2.45) is 0 Å². The number of esters is 1. The molecule has 0 spiro atoms. The Morgan fingerprint density at radius 1 is 1.50 bits per heavy atom. The first-order valence-corrected chi connectivity index (χ1v) is 5.40. The Balaban J connectivity index is 0.00000225. The van der Waals surface area contributed by atoms with Crippen molar-refractivity contribution in [3.63, 3.8) is 0 Å². The van der Waals surface area contributed by atoms with Crippen LogP contribution in [0.15, 0.2) is 0 Å². The predicted octanol–water partition coefficient (Wildman–Crippen LogP) is 0.230. The third-order valence-electron chi connectivity index (χ3n) is 2.31. The highest BCUT2D eigenvalue weighted by Gasteiger charge is 2.21. The van der Waals surface area contributed by atoms with Gasteiger partial charge in [-0.2, -0.15) is 0 Å². The first kappa shape index (κ1) is 15.2. The first-order chi connectivity index (χ1) is 7.24. The van der Waals surface area contributed by atoms with Gasteiger partial charge in [-0.15, -0.1) is 12.4 Å². The minimum absolute atomic E-state index is 0. The lowest BCUT2D eigenvalue weighted by Crippen LogP contribution is -2.41. The molecule has 1 aliphatic heterocycles. The molecule has 0 aromatic carbocycles. The van der Waals surface area contributed by atoms with Crippen LogP contribution in [0.2, 0.25) is 0 Å². The number of carbonyl (C=O) groups excluding carboxylic acids is 2. The number of amides is 1. The van der Waals surface area contributed by atoms with Gasteiger partial charge in [0.2, 0.25) is 5.91 Å². The van der Waals surface area contributed by atoms with Crippen LogP contribution in [0.5, 0.6) is 0 Å². The molecule has 2 N–H and O–H groups in total. The Morgan fingerprint density at radius 2 is 2.25 bits per heavy atom. The summed E-state index contributed by atoms with van der Waals surface area (Å²) in [4.78, 5) is 22.4. The minimum atomic E-state index is -0.266. The van der Waals surface area contributed by atoms with Gasteiger partial charge in [-0.3, -0.25) is 9.59 Å². The number of hydrogen-bond donors (Lipinski definition) is 2. The van der Waals surface area contributed by atoms with Crippen molar-refractivity contribution in [2.75, 3.05) is 19.7 Å². The van der Waals surface area contributed by atoms with Crippen molar-refractivity contribution in [1.29, 1.82) is 0 Å². The fourth-order valence-electron chi connectivity index (χ4n) is 1.55. The molecule has 1 rings (SSSR count). The second-order valence-electron chi connectivity index (χ2n) is 3.49. The van der Waals surface area contributed by atoms with Gasteiger partial charge in [-0.1, -0.05) is 0 Å². The average molecular weight is 251 g/mol. The molecule has 1 saturated heterocycles. The zero-order valence-corrected chi connectivity index (χ0v) is 10.3. The van der Waals surface area contributed by atoms with E-state index < -0.39 is 0 Å². The minimum Gasteiger partial charge on any atom is -0.466 e. The molecule has 1 aliphatic rings. The number of ether oxygens (including phenoxy) is 1. The third-order valence-corrected chi connectivity index (χ3v) is 2.31. The SMILES string of the molecule is CCOC(=O)CCNC(=O)[C@@H]1CCCN1.Cl. The maximum absolute atomic E-state index is 11.5. The van der Waals surface area contributed by atoms with E-state index in [4.69, 9.17) is 4.74 Å². The zero-order valence-electron chi connectivity index (χ0n) is 9.45. The molecule has 1 fully saturated rings. The van der Waals surface area contributed by atoms with Gasteiger partial charge in [0.15, 0.2) is 0 Å². The molecular weight excluding hydrogens is 232 g/mol. The smallest absolute Gasteiger partial charge is 0.307 e. The number of halogens is 1. The van der Waals surface area contributed by atoms with Gasteiger partial charge in [0, 0.05) is 6.54 Å². The van der Waals surface area contributed by atoms with Crippen molar-refractivity contribution >= 4 is 24.3 Å². The van der Waals surface area contributed by atoms with Gasteiger partial charge in [-0.25, -0.2) is 0 Å². The van der Waals surface area contributed by atoms with Crippen molar-refractivity contribution in [3.05, 3.63) is 0 Å². The second kappa shape index (κ2) is 8.35. The Kier molecular flexibility index (Phi) is 7.93. The highest BCUT2D eigenvalue weighted by Crippen LogP contribution is 2.04. The molecule has 0 bridgehead atoms. The molecule has 0 unspecified atom stereocenters. The van der Waals surface area contributed by atoms with Gasteiger partial charge in [-0.05, 0) is 26.3 Å². The lowest BCUT2D eigenvalue weighted by atomic mass is 10.2. The standard InChI is InChI=1S/C10H18N2O3.ClH/c1-2-15-9(13)5-7-12-10(14)8-4-3-6-11-8;/h8,11H,2-7H2,1H3,(H,12,14);1H/t8-;/m0./s1. The Labute approximate surface area is 102 Å². The van der Waals surface area contributed by atoms with E-state index in [-0.39, 0.29) is 36.7 Å². The van der Waals surface area contributed by atoms with Gasteiger partial charge in [0.05, 0.1) is 19.1 Å². The number of hydrogen-bond acceptors (Lipinski definition) is 4. The first-order valence-electron chi connectivity index (χ1n) is 5.40. The van der Waals surface area contributed by atoms with Crippen molar-refractivity contribution in [3.8, 4) is 0 Å². The monoisotopic (exact) mass is 250 g/mol. The van der Waals surface area contributed by atoms with E-state index >= 15 is 0 Å². The fourth-order valence-corrected chi connectivity index (χ4v) is 1.55. The van der Waals surface area contributed by atoms with Crippen molar-refractivity contribution in [2.45, 2.75) is 32.2 Å². The maximum Gasteiger partial charge on any atom is 0.307 e. The zero-order chi connectivity index (χ0) is 11.1. The Bertz CT molecular complexity index is 230. The molecule has 0 saturated carbocycles. The molecule has 16 heavy (non-hydrogen) atoms. The van der Waals surface area contributed by atoms with Crippen LogP contribution in [0.3, 0.4) is 0 Å². The van der Waals surface area contributed by atoms with Crippen molar-refractivity contribution in [1.82, 2.24) is 10.6 Å². The number of nitrogens with one attached hydrogen (secondary N) is 2. The molecule has 1 amide bonds. The summed E-state index contributed by atoms with van der Waals surface area (Å²) in [5, 5.41) is 5.80. The highest BCUT2D eigenvalue weighted by atomic mass is 35.5. The van der Waals surface area contributed by atoms with Crippen LogP contribution in [-0.4, -0.2) is 37.6 Å². The Morgan fingerprint density at radius 3 is 2.81 bits per heavy atom. The molecule has 0 aromatic rings. The second-order valence-corrected chi connectivity index (χ2v) is 3.49. The van der Waals surface area contributed by atoms with E-state index in [0.29, 0.717) is 13.2 Å². The van der Waals surface area contributed by atoms with Crippen LogP contribution in [0.1, 0.15) is 26.2 Å². The third kappa shape index (κ3) is 5.32. The number of carbonyl (C=O) groups is 2. The molecule has 1 heterocycles. The van der Waals surface area contributed by atoms with E-state index in [1.54, 1.807) is 6.92 Å². The molecule has 94 valence electrons.